The molecule has 0 saturated carbocycles. The third-order valence-corrected chi connectivity index (χ3v) is 4.04. The lowest BCUT2D eigenvalue weighted by molar-refractivity contribution is -0.122. The molecule has 5 nitrogen and oxygen atoms in total. The Kier molecular flexibility index (Phi) is 4.07. The highest BCUT2D eigenvalue weighted by atomic mass is 32.1. The highest BCUT2D eigenvalue weighted by Crippen LogP contribution is 2.26. The quantitative estimate of drug-likeness (QED) is 0.518. The van der Waals surface area contributed by atoms with Gasteiger partial charge in [0.15, 0.2) is 5.11 Å². The summed E-state index contributed by atoms with van der Waals surface area (Å²) in [5.41, 5.74) is 2.53. The van der Waals surface area contributed by atoms with Gasteiger partial charge in [0.2, 0.25) is 0 Å². The number of aryl methyl sites for hydroxylation is 3. The van der Waals surface area contributed by atoms with Crippen LogP contribution in [0.1, 0.15) is 22.6 Å². The van der Waals surface area contributed by atoms with Gasteiger partial charge in [-0.3, -0.25) is 19.8 Å². The highest BCUT2D eigenvalue weighted by Gasteiger charge is 2.35. The maximum atomic E-state index is 12.9. The fourth-order valence-corrected chi connectivity index (χ4v) is 2.78. The minimum absolute atomic E-state index is 0.0149. The monoisotopic (exact) mass is 340 g/mol. The smallest absolute Gasteiger partial charge is 0.270 e. The SMILES string of the molecule is Cc1ccc(C)c(N2C(=O)/C(=C/c3ccc(C)o3)C(=O)NC2=S)c1. The number of anilines is 1. The Hall–Kier alpha value is -2.73. The Bertz CT molecular complexity index is 895. The molecule has 1 fully saturated rings. The van der Waals surface area contributed by atoms with Crippen LogP contribution in [0.5, 0.6) is 0 Å². The van der Waals surface area contributed by atoms with Gasteiger partial charge < -0.3 is 4.42 Å². The molecule has 0 atom stereocenters. The second-order valence-electron chi connectivity index (χ2n) is 5.70. The minimum Gasteiger partial charge on any atom is -0.462 e. The van der Waals surface area contributed by atoms with E-state index in [1.807, 2.05) is 32.0 Å². The summed E-state index contributed by atoms with van der Waals surface area (Å²) in [6, 6.07) is 9.21. The Morgan fingerprint density at radius 2 is 1.88 bits per heavy atom. The number of rotatable bonds is 2. The molecule has 0 spiro atoms. The van der Waals surface area contributed by atoms with Gasteiger partial charge in [-0.2, -0.15) is 0 Å². The van der Waals surface area contributed by atoms with E-state index in [2.05, 4.69) is 5.32 Å². The van der Waals surface area contributed by atoms with Crippen LogP contribution in [0.2, 0.25) is 0 Å². The molecule has 1 aliphatic rings. The third-order valence-electron chi connectivity index (χ3n) is 3.75. The fraction of sp³-hybridized carbons (Fsp3) is 0.167. The van der Waals surface area contributed by atoms with Gasteiger partial charge in [0.05, 0.1) is 5.69 Å². The Balaban J connectivity index is 2.06. The normalized spacial score (nSPS) is 16.7. The third kappa shape index (κ3) is 2.88. The van der Waals surface area contributed by atoms with Crippen molar-refractivity contribution in [1.82, 2.24) is 5.32 Å². The van der Waals surface area contributed by atoms with E-state index in [0.29, 0.717) is 17.2 Å². The standard InChI is InChI=1S/C18H16N2O3S/c1-10-4-5-11(2)15(8-10)20-17(22)14(16(21)19-18(20)24)9-13-7-6-12(3)23-13/h4-9H,1-3H3,(H,19,21,24)/b14-9+. The first-order valence-corrected chi connectivity index (χ1v) is 7.83. The van der Waals surface area contributed by atoms with E-state index in [0.717, 1.165) is 11.1 Å². The minimum atomic E-state index is -0.527. The van der Waals surface area contributed by atoms with Gasteiger partial charge in [0, 0.05) is 0 Å². The first-order chi connectivity index (χ1) is 11.4. The number of hydrogen-bond donors (Lipinski definition) is 1. The molecule has 2 amide bonds. The summed E-state index contributed by atoms with van der Waals surface area (Å²) in [7, 11) is 0. The summed E-state index contributed by atoms with van der Waals surface area (Å²) in [5, 5.41) is 2.65. The molecule has 1 aliphatic heterocycles. The molecule has 24 heavy (non-hydrogen) atoms. The molecule has 2 aromatic rings. The van der Waals surface area contributed by atoms with Crippen molar-refractivity contribution in [3.63, 3.8) is 0 Å². The van der Waals surface area contributed by atoms with E-state index >= 15 is 0 Å². The van der Waals surface area contributed by atoms with Crippen molar-refractivity contribution in [3.8, 4) is 0 Å². The first-order valence-electron chi connectivity index (χ1n) is 7.42. The fourth-order valence-electron chi connectivity index (χ4n) is 2.51. The van der Waals surface area contributed by atoms with Crippen molar-refractivity contribution in [2.24, 2.45) is 0 Å². The van der Waals surface area contributed by atoms with E-state index < -0.39 is 11.8 Å². The summed E-state index contributed by atoms with van der Waals surface area (Å²) < 4.78 is 5.43. The molecule has 2 heterocycles. The molecule has 6 heteroatoms. The molecule has 0 radical (unpaired) electrons. The van der Waals surface area contributed by atoms with Gasteiger partial charge in [-0.15, -0.1) is 0 Å². The Labute approximate surface area is 144 Å². The zero-order chi connectivity index (χ0) is 17.4. The molecule has 1 N–H and O–H groups in total. The van der Waals surface area contributed by atoms with Crippen molar-refractivity contribution in [1.29, 1.82) is 0 Å². The highest BCUT2D eigenvalue weighted by molar-refractivity contribution is 7.80. The zero-order valence-electron chi connectivity index (χ0n) is 13.5. The Morgan fingerprint density at radius 3 is 2.54 bits per heavy atom. The van der Waals surface area contributed by atoms with Crippen LogP contribution in [0.4, 0.5) is 5.69 Å². The van der Waals surface area contributed by atoms with Crippen LogP contribution in [0.3, 0.4) is 0 Å². The van der Waals surface area contributed by atoms with Crippen molar-refractivity contribution >= 4 is 40.9 Å². The van der Waals surface area contributed by atoms with E-state index in [1.54, 1.807) is 19.1 Å². The van der Waals surface area contributed by atoms with Crippen molar-refractivity contribution in [2.45, 2.75) is 20.8 Å². The number of hydrogen-bond acceptors (Lipinski definition) is 4. The lowest BCUT2D eigenvalue weighted by atomic mass is 10.1. The summed E-state index contributed by atoms with van der Waals surface area (Å²) in [4.78, 5) is 26.4. The zero-order valence-corrected chi connectivity index (χ0v) is 14.4. The number of amides is 2. The predicted octanol–water partition coefficient (Wildman–Crippen LogP) is 3.04. The van der Waals surface area contributed by atoms with Gasteiger partial charge >= 0.3 is 0 Å². The number of carbonyl (C=O) groups excluding carboxylic acids is 2. The average Bonchev–Trinajstić information content (AvgIpc) is 2.92. The van der Waals surface area contributed by atoms with Crippen molar-refractivity contribution < 1.29 is 14.0 Å². The van der Waals surface area contributed by atoms with E-state index in [1.165, 1.54) is 11.0 Å². The van der Waals surface area contributed by atoms with Gasteiger partial charge in [-0.05, 0) is 68.4 Å². The lowest BCUT2D eigenvalue weighted by Crippen LogP contribution is -2.54. The van der Waals surface area contributed by atoms with Gasteiger partial charge in [-0.25, -0.2) is 0 Å². The maximum absolute atomic E-state index is 12.9. The number of nitrogens with one attached hydrogen (secondary N) is 1. The molecular weight excluding hydrogens is 324 g/mol. The van der Waals surface area contributed by atoms with E-state index in [-0.39, 0.29) is 10.7 Å². The molecule has 1 aromatic carbocycles. The lowest BCUT2D eigenvalue weighted by Gasteiger charge is -2.30. The summed E-state index contributed by atoms with van der Waals surface area (Å²) in [5.74, 6) is 0.152. The van der Waals surface area contributed by atoms with Crippen LogP contribution in [-0.2, 0) is 9.59 Å². The van der Waals surface area contributed by atoms with Crippen molar-refractivity contribution in [3.05, 3.63) is 58.6 Å². The molecule has 3 rings (SSSR count). The molecule has 0 unspecified atom stereocenters. The van der Waals surface area contributed by atoms with E-state index in [4.69, 9.17) is 16.6 Å². The molecule has 0 bridgehead atoms. The van der Waals surface area contributed by atoms with Crippen LogP contribution < -0.4 is 10.2 Å². The molecule has 1 aromatic heterocycles. The molecule has 0 aliphatic carbocycles. The van der Waals surface area contributed by atoms with Crippen LogP contribution in [0.15, 0.2) is 40.3 Å². The van der Waals surface area contributed by atoms with Crippen LogP contribution in [-0.4, -0.2) is 16.9 Å². The second kappa shape index (κ2) is 6.05. The number of thiocarbonyl (C=S) groups is 1. The molecular formula is C18H16N2O3S. The second-order valence-corrected chi connectivity index (χ2v) is 6.08. The summed E-state index contributed by atoms with van der Waals surface area (Å²) in [6.07, 6.45) is 1.44. The maximum Gasteiger partial charge on any atom is 0.270 e. The van der Waals surface area contributed by atoms with Crippen LogP contribution in [0, 0.1) is 20.8 Å². The molecule has 122 valence electrons. The number of furan rings is 1. The average molecular weight is 340 g/mol. The number of benzene rings is 1. The van der Waals surface area contributed by atoms with Crippen LogP contribution >= 0.6 is 12.2 Å². The largest absolute Gasteiger partial charge is 0.462 e. The predicted molar refractivity (Wildman–Crippen MR) is 95.6 cm³/mol. The summed E-state index contributed by atoms with van der Waals surface area (Å²) >= 11 is 5.21. The first kappa shape index (κ1) is 16.1. The Morgan fingerprint density at radius 1 is 1.12 bits per heavy atom. The van der Waals surface area contributed by atoms with Gasteiger partial charge in [0.25, 0.3) is 11.8 Å². The topological polar surface area (TPSA) is 62.6 Å². The number of nitrogens with zero attached hydrogens (tertiary/aromatic N) is 1. The summed E-state index contributed by atoms with van der Waals surface area (Å²) in [6.45, 7) is 5.62. The molecule has 1 saturated heterocycles. The number of carbonyl (C=O) groups is 2. The van der Waals surface area contributed by atoms with Crippen LogP contribution in [0.25, 0.3) is 6.08 Å². The van der Waals surface area contributed by atoms with Gasteiger partial charge in [0.1, 0.15) is 17.1 Å². The van der Waals surface area contributed by atoms with Gasteiger partial charge in [-0.1, -0.05) is 12.1 Å². The van der Waals surface area contributed by atoms with Crippen molar-refractivity contribution in [2.75, 3.05) is 4.90 Å². The van der Waals surface area contributed by atoms with E-state index in [9.17, 15) is 9.59 Å².